The molecule has 0 saturated heterocycles. The summed E-state index contributed by atoms with van der Waals surface area (Å²) in [6.45, 7) is 1.38. The van der Waals surface area contributed by atoms with E-state index in [1.54, 1.807) is 0 Å². The van der Waals surface area contributed by atoms with Gasteiger partial charge in [-0.15, -0.1) is 5.10 Å². The molecule has 0 spiro atoms. The van der Waals surface area contributed by atoms with Gasteiger partial charge in [0.2, 0.25) is 0 Å². The summed E-state index contributed by atoms with van der Waals surface area (Å²) in [6, 6.07) is 0. The van der Waals surface area contributed by atoms with E-state index in [9.17, 15) is 4.79 Å². The summed E-state index contributed by atoms with van der Waals surface area (Å²) < 4.78 is 1.51. The second-order valence-corrected chi connectivity index (χ2v) is 3.19. The van der Waals surface area contributed by atoms with Crippen molar-refractivity contribution in [3.63, 3.8) is 0 Å². The molecule has 1 heterocycles. The molecular weight excluding hydrogens is 186 g/mol. The van der Waals surface area contributed by atoms with Gasteiger partial charge in [0.05, 0.1) is 6.54 Å². The number of likely N-dealkylation sites (N-methyl/N-ethyl adjacent to an activating group) is 1. The number of carbonyl (C=O) groups is 1. The molecule has 1 N–H and O–H groups in total. The predicted octanol–water partition coefficient (Wildman–Crippen LogP) is -1.14. The predicted molar refractivity (Wildman–Crippen MR) is 47.7 cm³/mol. The molecule has 0 unspecified atom stereocenters. The zero-order valence-corrected chi connectivity index (χ0v) is 8.21. The standard InChI is InChI=1S/C7H13N5O2/c1-11(2)3-4-12-6(5-7(13)14)8-9-10-12/h3-5H2,1-2H3,(H,13,14). The molecule has 0 aliphatic carbocycles. The van der Waals surface area contributed by atoms with E-state index < -0.39 is 5.97 Å². The monoisotopic (exact) mass is 199 g/mol. The van der Waals surface area contributed by atoms with Crippen LogP contribution in [0.1, 0.15) is 5.82 Å². The molecule has 0 aliphatic heterocycles. The number of carboxylic acids is 1. The third kappa shape index (κ3) is 3.09. The summed E-state index contributed by atoms with van der Waals surface area (Å²) >= 11 is 0. The molecule has 0 saturated carbocycles. The first-order chi connectivity index (χ1) is 6.59. The molecule has 0 aromatic carbocycles. The molecule has 0 fully saturated rings. The SMILES string of the molecule is CN(C)CCn1nnnc1CC(=O)O. The van der Waals surface area contributed by atoms with Crippen molar-refractivity contribution in [2.45, 2.75) is 13.0 Å². The van der Waals surface area contributed by atoms with E-state index >= 15 is 0 Å². The van der Waals surface area contributed by atoms with Gasteiger partial charge >= 0.3 is 5.97 Å². The van der Waals surface area contributed by atoms with Gasteiger partial charge in [-0.1, -0.05) is 0 Å². The highest BCUT2D eigenvalue weighted by Crippen LogP contribution is 1.94. The molecule has 7 nitrogen and oxygen atoms in total. The van der Waals surface area contributed by atoms with Gasteiger partial charge in [0.25, 0.3) is 0 Å². The fourth-order valence-electron chi connectivity index (χ4n) is 0.954. The van der Waals surface area contributed by atoms with E-state index in [1.165, 1.54) is 4.68 Å². The molecule has 1 rings (SSSR count). The second-order valence-electron chi connectivity index (χ2n) is 3.19. The van der Waals surface area contributed by atoms with E-state index in [0.29, 0.717) is 12.4 Å². The van der Waals surface area contributed by atoms with Crippen molar-refractivity contribution >= 4 is 5.97 Å². The van der Waals surface area contributed by atoms with Crippen molar-refractivity contribution in [3.05, 3.63) is 5.82 Å². The lowest BCUT2D eigenvalue weighted by molar-refractivity contribution is -0.136. The number of hydrogen-bond acceptors (Lipinski definition) is 5. The average Bonchev–Trinajstić information content (AvgIpc) is 2.47. The van der Waals surface area contributed by atoms with E-state index in [0.717, 1.165) is 6.54 Å². The highest BCUT2D eigenvalue weighted by Gasteiger charge is 2.09. The zero-order valence-electron chi connectivity index (χ0n) is 8.21. The molecule has 0 atom stereocenters. The van der Waals surface area contributed by atoms with Gasteiger partial charge in [0.15, 0.2) is 5.82 Å². The Hall–Kier alpha value is -1.50. The van der Waals surface area contributed by atoms with Crippen LogP contribution in [0.3, 0.4) is 0 Å². The Kier molecular flexibility index (Phi) is 3.52. The van der Waals surface area contributed by atoms with Crippen LogP contribution in [-0.4, -0.2) is 56.8 Å². The van der Waals surface area contributed by atoms with Gasteiger partial charge in [0.1, 0.15) is 6.42 Å². The molecular formula is C7H13N5O2. The Morgan fingerprint density at radius 2 is 2.29 bits per heavy atom. The lowest BCUT2D eigenvalue weighted by Gasteiger charge is -2.09. The highest BCUT2D eigenvalue weighted by atomic mass is 16.4. The Morgan fingerprint density at radius 1 is 1.57 bits per heavy atom. The van der Waals surface area contributed by atoms with E-state index in [4.69, 9.17) is 5.11 Å². The van der Waals surface area contributed by atoms with Crippen molar-refractivity contribution in [3.8, 4) is 0 Å². The Labute approximate surface area is 81.3 Å². The molecule has 14 heavy (non-hydrogen) atoms. The summed E-state index contributed by atoms with van der Waals surface area (Å²) in [5.41, 5.74) is 0. The van der Waals surface area contributed by atoms with Crippen molar-refractivity contribution in [2.75, 3.05) is 20.6 Å². The number of carboxylic acid groups (broad SMARTS) is 1. The Balaban J connectivity index is 2.58. The first-order valence-corrected chi connectivity index (χ1v) is 4.21. The van der Waals surface area contributed by atoms with Crippen LogP contribution >= 0.6 is 0 Å². The fourth-order valence-corrected chi connectivity index (χ4v) is 0.954. The molecule has 0 amide bonds. The highest BCUT2D eigenvalue weighted by molar-refractivity contribution is 5.68. The maximum absolute atomic E-state index is 10.4. The maximum Gasteiger partial charge on any atom is 0.311 e. The van der Waals surface area contributed by atoms with Crippen LogP contribution in [0, 0.1) is 0 Å². The minimum atomic E-state index is -0.925. The van der Waals surface area contributed by atoms with Crippen LogP contribution in [0.5, 0.6) is 0 Å². The zero-order chi connectivity index (χ0) is 10.6. The molecule has 0 radical (unpaired) electrons. The number of tetrazole rings is 1. The van der Waals surface area contributed by atoms with Crippen LogP contribution in [0.4, 0.5) is 0 Å². The van der Waals surface area contributed by atoms with Crippen molar-refractivity contribution in [1.29, 1.82) is 0 Å². The maximum atomic E-state index is 10.4. The van der Waals surface area contributed by atoms with Gasteiger partial charge in [0, 0.05) is 6.54 Å². The van der Waals surface area contributed by atoms with Crippen molar-refractivity contribution in [1.82, 2.24) is 25.1 Å². The van der Waals surface area contributed by atoms with Gasteiger partial charge in [-0.2, -0.15) is 0 Å². The van der Waals surface area contributed by atoms with Crippen LogP contribution in [0.15, 0.2) is 0 Å². The van der Waals surface area contributed by atoms with Crippen molar-refractivity contribution < 1.29 is 9.90 Å². The number of rotatable bonds is 5. The minimum Gasteiger partial charge on any atom is -0.481 e. The lowest BCUT2D eigenvalue weighted by atomic mass is 10.4. The largest absolute Gasteiger partial charge is 0.481 e. The molecule has 1 aromatic rings. The molecule has 1 aromatic heterocycles. The minimum absolute atomic E-state index is 0.138. The quantitative estimate of drug-likeness (QED) is 0.645. The van der Waals surface area contributed by atoms with Crippen LogP contribution in [0.2, 0.25) is 0 Å². The van der Waals surface area contributed by atoms with Crippen LogP contribution in [-0.2, 0) is 17.8 Å². The van der Waals surface area contributed by atoms with Gasteiger partial charge in [-0.3, -0.25) is 4.79 Å². The first-order valence-electron chi connectivity index (χ1n) is 4.21. The molecule has 7 heteroatoms. The third-order valence-electron chi connectivity index (χ3n) is 1.67. The van der Waals surface area contributed by atoms with E-state index in [-0.39, 0.29) is 6.42 Å². The van der Waals surface area contributed by atoms with E-state index in [1.807, 2.05) is 19.0 Å². The third-order valence-corrected chi connectivity index (χ3v) is 1.67. The first kappa shape index (κ1) is 10.6. The summed E-state index contributed by atoms with van der Waals surface area (Å²) in [6.07, 6.45) is -0.138. The van der Waals surface area contributed by atoms with E-state index in [2.05, 4.69) is 15.5 Å². The normalized spacial score (nSPS) is 10.8. The topological polar surface area (TPSA) is 84.1 Å². The summed E-state index contributed by atoms with van der Waals surface area (Å²) in [7, 11) is 3.86. The van der Waals surface area contributed by atoms with Crippen LogP contribution < -0.4 is 0 Å². The average molecular weight is 199 g/mol. The number of nitrogens with zero attached hydrogens (tertiary/aromatic N) is 5. The fraction of sp³-hybridized carbons (Fsp3) is 0.714. The number of hydrogen-bond donors (Lipinski definition) is 1. The Bertz CT molecular complexity index is 309. The smallest absolute Gasteiger partial charge is 0.311 e. The van der Waals surface area contributed by atoms with Crippen LogP contribution in [0.25, 0.3) is 0 Å². The number of aromatic nitrogens is 4. The lowest BCUT2D eigenvalue weighted by Crippen LogP contribution is -2.21. The van der Waals surface area contributed by atoms with Gasteiger partial charge < -0.3 is 10.0 Å². The Morgan fingerprint density at radius 3 is 2.86 bits per heavy atom. The summed E-state index contributed by atoms with van der Waals surface area (Å²) in [5, 5.41) is 19.3. The summed E-state index contributed by atoms with van der Waals surface area (Å²) in [4.78, 5) is 12.4. The molecule has 78 valence electrons. The summed E-state index contributed by atoms with van der Waals surface area (Å²) in [5.74, 6) is -0.537. The van der Waals surface area contributed by atoms with Crippen molar-refractivity contribution in [2.24, 2.45) is 0 Å². The second kappa shape index (κ2) is 4.66. The van der Waals surface area contributed by atoms with Gasteiger partial charge in [-0.25, -0.2) is 4.68 Å². The molecule has 0 aliphatic rings. The number of aliphatic carboxylic acids is 1. The molecule has 0 bridgehead atoms. The van der Waals surface area contributed by atoms with Gasteiger partial charge in [-0.05, 0) is 24.5 Å².